The number of nitrogens with one attached hydrogen (secondary N) is 2. The number of hydrogen-bond acceptors (Lipinski definition) is 7. The summed E-state index contributed by atoms with van der Waals surface area (Å²) in [5, 5.41) is 19.3. The number of benzene rings is 3. The van der Waals surface area contributed by atoms with E-state index >= 15 is 0 Å². The molecule has 8 rings (SSSR count). The molecule has 4 N–H and O–H groups in total. The van der Waals surface area contributed by atoms with Gasteiger partial charge in [0.15, 0.2) is 0 Å². The maximum Gasteiger partial charge on any atom is 0.0893 e. The van der Waals surface area contributed by atoms with E-state index in [2.05, 4.69) is 58.5 Å². The fraction of sp³-hybridized carbons (Fsp3) is 0. The average Bonchev–Trinajstić information content (AvgIpc) is 3.17. The number of aromatic nitrogens is 4. The first-order valence-electron chi connectivity index (χ1n) is 15.8. The van der Waals surface area contributed by atoms with Gasteiger partial charge in [-0.15, -0.1) is 0 Å². The second kappa shape index (κ2) is 13.9. The van der Waals surface area contributed by atoms with Crippen LogP contribution in [-0.2, 0) is 0 Å². The van der Waals surface area contributed by atoms with E-state index in [0.717, 1.165) is 39.6 Å². The van der Waals surface area contributed by atoms with Gasteiger partial charge in [0, 0.05) is 34.8 Å². The molecule has 4 heterocycles. The van der Waals surface area contributed by atoms with Crippen LogP contribution >= 0.6 is 0 Å². The number of anilines is 1. The largest absolute Gasteiger partial charge is 0.398 e. The topological polar surface area (TPSA) is 125 Å². The highest BCUT2D eigenvalue weighted by molar-refractivity contribution is 6.61. The molecule has 0 spiro atoms. The summed E-state index contributed by atoms with van der Waals surface area (Å²) in [7, 11) is 0. The molecule has 0 saturated heterocycles. The molecule has 0 atom stereocenters. The van der Waals surface area contributed by atoms with Crippen molar-refractivity contribution in [3.05, 3.63) is 175 Å². The van der Waals surface area contributed by atoms with Gasteiger partial charge in [-0.1, -0.05) is 78.9 Å². The molecule has 7 nitrogen and oxygen atoms in total. The van der Waals surface area contributed by atoms with Crippen molar-refractivity contribution in [1.29, 1.82) is 10.8 Å². The summed E-state index contributed by atoms with van der Waals surface area (Å²) < 4.78 is 0. The summed E-state index contributed by atoms with van der Waals surface area (Å²) >= 11 is 0. The first-order chi connectivity index (χ1) is 24.0. The number of fused-ring (bicyclic) bond motifs is 1. The van der Waals surface area contributed by atoms with Crippen LogP contribution in [0, 0.1) is 10.8 Å². The van der Waals surface area contributed by atoms with Crippen molar-refractivity contribution in [1.82, 2.24) is 19.9 Å². The van der Waals surface area contributed by atoms with E-state index in [1.165, 1.54) is 16.3 Å². The quantitative estimate of drug-likeness (QED) is 0.129. The Kier molecular flexibility index (Phi) is 8.71. The Morgan fingerprint density at radius 3 is 1.71 bits per heavy atom. The van der Waals surface area contributed by atoms with Gasteiger partial charge in [0.05, 0.1) is 45.6 Å². The Bertz CT molecular complexity index is 2380. The monoisotopic (exact) mass is 633 g/mol. The molecule has 1 aliphatic carbocycles. The van der Waals surface area contributed by atoms with Crippen LogP contribution in [0.25, 0.3) is 55.8 Å². The smallest absolute Gasteiger partial charge is 0.0893 e. The van der Waals surface area contributed by atoms with Gasteiger partial charge in [-0.25, -0.2) is 9.97 Å². The first-order valence-corrected chi connectivity index (χ1v) is 15.8. The molecule has 7 heteroatoms. The third-order valence-corrected chi connectivity index (χ3v) is 8.08. The zero-order valence-corrected chi connectivity index (χ0v) is 26.5. The number of pyridine rings is 4. The molecule has 0 bridgehead atoms. The molecule has 7 aromatic rings. The van der Waals surface area contributed by atoms with E-state index in [4.69, 9.17) is 26.5 Å². The van der Waals surface area contributed by atoms with Gasteiger partial charge in [0.1, 0.15) is 0 Å². The minimum absolute atomic E-state index is 0.118. The summed E-state index contributed by atoms with van der Waals surface area (Å²) in [4.78, 5) is 18.2. The number of nitrogens with zero attached hydrogens (tertiary/aromatic N) is 4. The van der Waals surface area contributed by atoms with E-state index in [9.17, 15) is 0 Å². The van der Waals surface area contributed by atoms with Crippen LogP contribution in [0.3, 0.4) is 0 Å². The molecular formula is C42H31N7. The predicted octanol–water partition coefficient (Wildman–Crippen LogP) is 9.21. The van der Waals surface area contributed by atoms with Crippen molar-refractivity contribution in [2.75, 3.05) is 5.73 Å². The second-order valence-electron chi connectivity index (χ2n) is 11.3. The number of hydrogen-bond donors (Lipinski definition) is 3. The highest BCUT2D eigenvalue weighted by atomic mass is 14.8. The van der Waals surface area contributed by atoms with Crippen LogP contribution in [0.15, 0.2) is 164 Å². The van der Waals surface area contributed by atoms with Crippen LogP contribution in [0.1, 0.15) is 11.4 Å². The zero-order chi connectivity index (χ0) is 33.6. The molecule has 3 aromatic carbocycles. The van der Waals surface area contributed by atoms with Crippen molar-refractivity contribution < 1.29 is 0 Å². The molecule has 1 aliphatic rings. The third-order valence-electron chi connectivity index (χ3n) is 8.08. The molecule has 0 fully saturated rings. The lowest BCUT2D eigenvalue weighted by Gasteiger charge is -2.16. The summed E-state index contributed by atoms with van der Waals surface area (Å²) in [6.07, 6.45) is 7.00. The molecule has 0 unspecified atom stereocenters. The zero-order valence-electron chi connectivity index (χ0n) is 26.5. The van der Waals surface area contributed by atoms with E-state index in [-0.39, 0.29) is 11.4 Å². The van der Waals surface area contributed by atoms with Gasteiger partial charge in [0.2, 0.25) is 0 Å². The van der Waals surface area contributed by atoms with E-state index < -0.39 is 0 Å². The highest BCUT2D eigenvalue weighted by Crippen LogP contribution is 2.30. The fourth-order valence-corrected chi connectivity index (χ4v) is 5.60. The minimum atomic E-state index is 0.118. The summed E-state index contributed by atoms with van der Waals surface area (Å²) in [6, 6.07) is 45.5. The van der Waals surface area contributed by atoms with E-state index in [0.29, 0.717) is 17.0 Å². The maximum absolute atomic E-state index is 8.47. The Hall–Kier alpha value is -6.86. The molecule has 0 aliphatic heterocycles. The summed E-state index contributed by atoms with van der Waals surface area (Å²) in [6.45, 7) is 0. The summed E-state index contributed by atoms with van der Waals surface area (Å²) in [5.74, 6) is 0. The van der Waals surface area contributed by atoms with Crippen molar-refractivity contribution in [3.8, 4) is 33.9 Å². The van der Waals surface area contributed by atoms with Crippen LogP contribution in [0.2, 0.25) is 0 Å². The minimum Gasteiger partial charge on any atom is -0.398 e. The summed E-state index contributed by atoms with van der Waals surface area (Å²) in [5.41, 5.74) is 15.0. The second-order valence-corrected chi connectivity index (χ2v) is 11.3. The Morgan fingerprint density at radius 2 is 1.04 bits per heavy atom. The van der Waals surface area contributed by atoms with Crippen LogP contribution < -0.4 is 5.73 Å². The van der Waals surface area contributed by atoms with Gasteiger partial charge in [-0.2, -0.15) is 0 Å². The fourth-order valence-electron chi connectivity index (χ4n) is 5.60. The first kappa shape index (κ1) is 30.8. The molecule has 0 amide bonds. The molecule has 0 saturated carbocycles. The Morgan fingerprint density at radius 1 is 0.469 bits per heavy atom. The highest BCUT2D eigenvalue weighted by Gasteiger charge is 2.21. The van der Waals surface area contributed by atoms with E-state index in [1.54, 1.807) is 18.5 Å². The number of nitrogens with two attached hydrogens (primary N) is 1. The maximum atomic E-state index is 8.47. The number of nitrogen functional groups attached to an aromatic ring is 1. The van der Waals surface area contributed by atoms with Gasteiger partial charge < -0.3 is 5.73 Å². The lowest BCUT2D eigenvalue weighted by molar-refractivity contribution is 1.22. The standard InChI is InChI=1S/C26H18N6.C16H13N/c27-19-16-17(20-9-5-11-24(31-20)22-7-1-3-13-29-22)15-18(26(19)28)21-10-6-12-25(32-21)23-8-2-4-14-30-23;17-16-8-4-3-7-15(16)14-10-9-12-5-1-2-6-13(12)11-14/h1-16,27-28H;1-11H,17H2. The lowest BCUT2D eigenvalue weighted by atomic mass is 9.91. The van der Waals surface area contributed by atoms with Gasteiger partial charge >= 0.3 is 0 Å². The number of allylic oxidation sites excluding steroid dienone is 4. The molecular weight excluding hydrogens is 603 g/mol. The average molecular weight is 634 g/mol. The molecule has 234 valence electrons. The van der Waals surface area contributed by atoms with Gasteiger partial charge in [-0.3, -0.25) is 20.8 Å². The van der Waals surface area contributed by atoms with Gasteiger partial charge in [0.25, 0.3) is 0 Å². The van der Waals surface area contributed by atoms with E-state index in [1.807, 2.05) is 97.1 Å². The Labute approximate surface area is 284 Å². The Balaban J connectivity index is 0.000000186. The van der Waals surface area contributed by atoms with Crippen molar-refractivity contribution in [3.63, 3.8) is 0 Å². The van der Waals surface area contributed by atoms with Crippen LogP contribution in [0.4, 0.5) is 5.69 Å². The normalized spacial score (nSPS) is 12.5. The van der Waals surface area contributed by atoms with Crippen LogP contribution in [0.5, 0.6) is 0 Å². The lowest BCUT2D eigenvalue weighted by Crippen LogP contribution is -2.17. The molecule has 49 heavy (non-hydrogen) atoms. The number of rotatable bonds is 5. The predicted molar refractivity (Wildman–Crippen MR) is 200 cm³/mol. The van der Waals surface area contributed by atoms with Gasteiger partial charge in [-0.05, 0) is 89.2 Å². The van der Waals surface area contributed by atoms with Crippen molar-refractivity contribution >= 4 is 39.0 Å². The third kappa shape index (κ3) is 6.82. The number of para-hydroxylation sites is 1. The van der Waals surface area contributed by atoms with Crippen molar-refractivity contribution in [2.24, 2.45) is 0 Å². The van der Waals surface area contributed by atoms with Crippen molar-refractivity contribution in [2.45, 2.75) is 0 Å². The van der Waals surface area contributed by atoms with Crippen LogP contribution in [-0.4, -0.2) is 31.4 Å². The molecule has 4 aromatic heterocycles. The molecule has 0 radical (unpaired) electrons. The SMILES string of the molecule is N=C1C=C(c2cccc(-c3ccccn3)n2)C=C(c2cccc(-c3ccccn3)n2)C1=N.Nc1ccccc1-c1ccc2ccccc2c1.